The van der Waals surface area contributed by atoms with Crippen molar-refractivity contribution in [3.05, 3.63) is 59.7 Å². The van der Waals surface area contributed by atoms with Gasteiger partial charge in [-0.1, -0.05) is 37.6 Å². The smallest absolute Gasteiger partial charge is 0.317 e. The van der Waals surface area contributed by atoms with Crippen LogP contribution in [0.25, 0.3) is 0 Å². The SMILES string of the molecule is CCCc1ccc(OCNC(=O)NCc2ccc(S(N)(=O)=O)cc2)cc1. The lowest BCUT2D eigenvalue weighted by molar-refractivity contribution is 0.223. The molecule has 2 aromatic carbocycles. The normalized spacial score (nSPS) is 11.0. The number of urea groups is 1. The number of nitrogens with one attached hydrogen (secondary N) is 2. The highest BCUT2D eigenvalue weighted by molar-refractivity contribution is 7.89. The van der Waals surface area contributed by atoms with Crippen LogP contribution in [-0.4, -0.2) is 21.2 Å². The molecule has 0 aliphatic carbocycles. The van der Waals surface area contributed by atoms with Crippen molar-refractivity contribution in [2.45, 2.75) is 31.2 Å². The lowest BCUT2D eigenvalue weighted by Crippen LogP contribution is -2.37. The van der Waals surface area contributed by atoms with Gasteiger partial charge in [0, 0.05) is 6.54 Å². The fourth-order valence-corrected chi connectivity index (χ4v) is 2.78. The lowest BCUT2D eigenvalue weighted by Gasteiger charge is -2.10. The van der Waals surface area contributed by atoms with Crippen LogP contribution in [0.5, 0.6) is 5.75 Å². The van der Waals surface area contributed by atoms with Gasteiger partial charge in [-0.3, -0.25) is 0 Å². The number of sulfonamides is 1. The predicted molar refractivity (Wildman–Crippen MR) is 99.1 cm³/mol. The highest BCUT2D eigenvalue weighted by Gasteiger charge is 2.07. The number of hydrogen-bond donors (Lipinski definition) is 3. The first-order valence-electron chi connectivity index (χ1n) is 8.23. The first-order chi connectivity index (χ1) is 12.4. The van der Waals surface area contributed by atoms with Gasteiger partial charge in [0.2, 0.25) is 10.0 Å². The Morgan fingerprint density at radius 3 is 2.19 bits per heavy atom. The molecule has 26 heavy (non-hydrogen) atoms. The summed E-state index contributed by atoms with van der Waals surface area (Å²) in [6, 6.07) is 13.3. The molecule has 0 aliphatic heterocycles. The molecule has 0 spiro atoms. The van der Waals surface area contributed by atoms with E-state index in [0.717, 1.165) is 18.4 Å². The Bertz CT molecular complexity index is 819. The molecule has 4 N–H and O–H groups in total. The third kappa shape index (κ3) is 6.38. The van der Waals surface area contributed by atoms with Gasteiger partial charge < -0.3 is 15.4 Å². The van der Waals surface area contributed by atoms with E-state index in [4.69, 9.17) is 9.88 Å². The van der Waals surface area contributed by atoms with Crippen molar-refractivity contribution in [3.63, 3.8) is 0 Å². The van der Waals surface area contributed by atoms with E-state index in [-0.39, 0.29) is 24.2 Å². The number of amides is 2. The fraction of sp³-hybridized carbons (Fsp3) is 0.278. The summed E-state index contributed by atoms with van der Waals surface area (Å²) in [7, 11) is -3.71. The average molecular weight is 377 g/mol. The van der Waals surface area contributed by atoms with E-state index >= 15 is 0 Å². The standard InChI is InChI=1S/C18H23N3O4S/c1-2-3-14-4-8-16(9-5-14)25-13-21-18(22)20-12-15-6-10-17(11-7-15)26(19,23)24/h4-11H,2-3,12-13H2,1H3,(H2,19,23,24)(H2,20,21,22). The minimum absolute atomic E-state index is 0.0315. The maximum atomic E-state index is 11.8. The molecule has 0 aromatic heterocycles. The van der Waals surface area contributed by atoms with E-state index in [1.54, 1.807) is 12.1 Å². The second-order valence-corrected chi connectivity index (χ2v) is 7.29. The Labute approximate surface area is 153 Å². The third-order valence-electron chi connectivity index (χ3n) is 3.64. The van der Waals surface area contributed by atoms with Gasteiger partial charge in [-0.15, -0.1) is 0 Å². The van der Waals surface area contributed by atoms with Crippen LogP contribution in [0.3, 0.4) is 0 Å². The Morgan fingerprint density at radius 1 is 1.00 bits per heavy atom. The maximum Gasteiger partial charge on any atom is 0.317 e. The van der Waals surface area contributed by atoms with Crippen LogP contribution in [0, 0.1) is 0 Å². The number of hydrogen-bond acceptors (Lipinski definition) is 4. The van der Waals surface area contributed by atoms with Crippen LogP contribution < -0.4 is 20.5 Å². The molecule has 0 saturated carbocycles. The third-order valence-corrected chi connectivity index (χ3v) is 4.57. The zero-order valence-electron chi connectivity index (χ0n) is 14.6. The second-order valence-electron chi connectivity index (χ2n) is 5.73. The van der Waals surface area contributed by atoms with Crippen LogP contribution in [-0.2, 0) is 23.0 Å². The quantitative estimate of drug-likeness (QED) is 0.612. The second kappa shape index (κ2) is 9.21. The van der Waals surface area contributed by atoms with E-state index in [1.807, 2.05) is 24.3 Å². The van der Waals surface area contributed by atoms with Crippen LogP contribution in [0.1, 0.15) is 24.5 Å². The van der Waals surface area contributed by atoms with Crippen molar-refractivity contribution >= 4 is 16.1 Å². The van der Waals surface area contributed by atoms with Gasteiger partial charge in [0.15, 0.2) is 6.73 Å². The molecule has 2 amide bonds. The molecule has 0 radical (unpaired) electrons. The van der Waals surface area contributed by atoms with Gasteiger partial charge in [0.1, 0.15) is 5.75 Å². The highest BCUT2D eigenvalue weighted by atomic mass is 32.2. The largest absolute Gasteiger partial charge is 0.473 e. The van der Waals surface area contributed by atoms with E-state index in [1.165, 1.54) is 17.7 Å². The molecule has 0 aliphatic rings. The van der Waals surface area contributed by atoms with Crippen LogP contribution >= 0.6 is 0 Å². The Hall–Kier alpha value is -2.58. The van der Waals surface area contributed by atoms with Crippen LogP contribution in [0.15, 0.2) is 53.4 Å². The molecule has 8 heteroatoms. The molecule has 0 fully saturated rings. The number of benzene rings is 2. The van der Waals surface area contributed by atoms with Gasteiger partial charge in [0.05, 0.1) is 4.90 Å². The number of ether oxygens (including phenoxy) is 1. The number of nitrogens with two attached hydrogens (primary N) is 1. The predicted octanol–water partition coefficient (Wildman–Crippen LogP) is 2.12. The first-order valence-corrected chi connectivity index (χ1v) is 9.78. The van der Waals surface area contributed by atoms with Gasteiger partial charge in [-0.05, 0) is 41.8 Å². The average Bonchev–Trinajstić information content (AvgIpc) is 2.61. The van der Waals surface area contributed by atoms with E-state index in [0.29, 0.717) is 5.75 Å². The highest BCUT2D eigenvalue weighted by Crippen LogP contribution is 2.13. The summed E-state index contributed by atoms with van der Waals surface area (Å²) in [5.74, 6) is 0.684. The Balaban J connectivity index is 1.72. The zero-order chi connectivity index (χ0) is 19.0. The van der Waals surface area contributed by atoms with Crippen LogP contribution in [0.4, 0.5) is 4.79 Å². The Morgan fingerprint density at radius 2 is 1.62 bits per heavy atom. The molecule has 7 nitrogen and oxygen atoms in total. The Kier molecular flexibility index (Phi) is 6.99. The molecular weight excluding hydrogens is 354 g/mol. The monoisotopic (exact) mass is 377 g/mol. The van der Waals surface area contributed by atoms with Crippen molar-refractivity contribution in [1.82, 2.24) is 10.6 Å². The molecule has 140 valence electrons. The van der Waals surface area contributed by atoms with Crippen molar-refractivity contribution in [2.24, 2.45) is 5.14 Å². The summed E-state index contributed by atoms with van der Waals surface area (Å²) in [6.07, 6.45) is 2.12. The molecule has 0 atom stereocenters. The van der Waals surface area contributed by atoms with Crippen molar-refractivity contribution in [3.8, 4) is 5.75 Å². The van der Waals surface area contributed by atoms with Gasteiger partial charge in [-0.2, -0.15) is 0 Å². The summed E-state index contributed by atoms with van der Waals surface area (Å²) in [6.45, 7) is 2.42. The molecule has 0 saturated heterocycles. The molecule has 0 heterocycles. The van der Waals surface area contributed by atoms with Gasteiger partial charge >= 0.3 is 6.03 Å². The summed E-state index contributed by atoms with van der Waals surface area (Å²) < 4.78 is 27.8. The molecular formula is C18H23N3O4S. The first kappa shape index (κ1) is 19.7. The molecule has 0 bridgehead atoms. The van der Waals surface area contributed by atoms with Gasteiger partial charge in [0.25, 0.3) is 0 Å². The number of carbonyl (C=O) groups excluding carboxylic acids is 1. The zero-order valence-corrected chi connectivity index (χ0v) is 15.4. The summed E-state index contributed by atoms with van der Waals surface area (Å²) in [5, 5.41) is 10.3. The van der Waals surface area contributed by atoms with Crippen molar-refractivity contribution < 1.29 is 17.9 Å². The van der Waals surface area contributed by atoms with E-state index < -0.39 is 10.0 Å². The van der Waals surface area contributed by atoms with Crippen molar-refractivity contribution in [1.29, 1.82) is 0 Å². The topological polar surface area (TPSA) is 111 Å². The number of aryl methyl sites for hydroxylation is 1. The minimum Gasteiger partial charge on any atom is -0.473 e. The maximum absolute atomic E-state index is 11.8. The number of primary sulfonamides is 1. The molecule has 2 rings (SSSR count). The van der Waals surface area contributed by atoms with Gasteiger partial charge in [-0.25, -0.2) is 18.4 Å². The summed E-state index contributed by atoms with van der Waals surface area (Å²) >= 11 is 0. The number of carbonyl (C=O) groups is 1. The fourth-order valence-electron chi connectivity index (χ4n) is 2.27. The van der Waals surface area contributed by atoms with Crippen LogP contribution in [0.2, 0.25) is 0 Å². The molecule has 0 unspecified atom stereocenters. The summed E-state index contributed by atoms with van der Waals surface area (Å²) in [4.78, 5) is 11.8. The minimum atomic E-state index is -3.71. The summed E-state index contributed by atoms with van der Waals surface area (Å²) in [5.41, 5.74) is 2.00. The van der Waals surface area contributed by atoms with Crippen molar-refractivity contribution in [2.75, 3.05) is 6.73 Å². The lowest BCUT2D eigenvalue weighted by atomic mass is 10.1. The van der Waals surface area contributed by atoms with E-state index in [2.05, 4.69) is 17.6 Å². The van der Waals surface area contributed by atoms with E-state index in [9.17, 15) is 13.2 Å². The molecule has 2 aromatic rings. The number of rotatable bonds is 8.